The van der Waals surface area contributed by atoms with E-state index in [9.17, 15) is 5.11 Å². The molecule has 2 atom stereocenters. The van der Waals surface area contributed by atoms with E-state index >= 15 is 0 Å². The van der Waals surface area contributed by atoms with Crippen LogP contribution in [0.3, 0.4) is 0 Å². The van der Waals surface area contributed by atoms with Crippen LogP contribution in [0.25, 0.3) is 10.9 Å². The maximum atomic E-state index is 9.57. The Kier molecular flexibility index (Phi) is 5.26. The first kappa shape index (κ1) is 15.7. The summed E-state index contributed by atoms with van der Waals surface area (Å²) in [6, 6.07) is 7.81. The third kappa shape index (κ3) is 3.41. The molecule has 1 aliphatic rings. The van der Waals surface area contributed by atoms with Crippen molar-refractivity contribution in [2.45, 2.75) is 13.0 Å². The van der Waals surface area contributed by atoms with E-state index in [0.717, 1.165) is 54.2 Å². The van der Waals surface area contributed by atoms with Crippen LogP contribution < -0.4 is 5.32 Å². The Morgan fingerprint density at radius 1 is 1.41 bits per heavy atom. The van der Waals surface area contributed by atoms with Crippen LogP contribution in [0.1, 0.15) is 12.0 Å². The summed E-state index contributed by atoms with van der Waals surface area (Å²) in [5, 5.41) is 14.7. The van der Waals surface area contributed by atoms with E-state index in [1.54, 1.807) is 6.20 Å². The molecule has 0 amide bonds. The Morgan fingerprint density at radius 3 is 3.09 bits per heavy atom. The second-order valence-electron chi connectivity index (χ2n) is 5.80. The Morgan fingerprint density at radius 2 is 2.32 bits per heavy atom. The molecular weight excluding hydrogens is 300 g/mol. The Hall–Kier alpha value is -1.20. The van der Waals surface area contributed by atoms with Gasteiger partial charge >= 0.3 is 0 Å². The minimum absolute atomic E-state index is 0.195. The molecule has 4 nitrogen and oxygen atoms in total. The van der Waals surface area contributed by atoms with Gasteiger partial charge in [0.15, 0.2) is 0 Å². The molecule has 1 fully saturated rings. The molecule has 1 aromatic carbocycles. The van der Waals surface area contributed by atoms with Gasteiger partial charge in [-0.2, -0.15) is 0 Å². The number of hydrogen-bond donors (Lipinski definition) is 2. The Labute approximate surface area is 135 Å². The van der Waals surface area contributed by atoms with Gasteiger partial charge in [0.2, 0.25) is 0 Å². The van der Waals surface area contributed by atoms with Crippen molar-refractivity contribution in [1.29, 1.82) is 0 Å². The average Bonchev–Trinajstić information content (AvgIpc) is 3.08. The number of aromatic nitrogens is 1. The summed E-state index contributed by atoms with van der Waals surface area (Å²) < 4.78 is 5.41. The van der Waals surface area contributed by atoms with E-state index in [-0.39, 0.29) is 12.5 Å². The van der Waals surface area contributed by atoms with Crippen LogP contribution in [-0.2, 0) is 11.3 Å². The summed E-state index contributed by atoms with van der Waals surface area (Å²) in [5.74, 6) is 0.701. The zero-order valence-electron chi connectivity index (χ0n) is 12.5. The van der Waals surface area contributed by atoms with Crippen LogP contribution >= 0.6 is 11.6 Å². The third-order valence-electron chi connectivity index (χ3n) is 4.39. The lowest BCUT2D eigenvalue weighted by Gasteiger charge is -2.20. The van der Waals surface area contributed by atoms with E-state index in [1.807, 2.05) is 24.3 Å². The van der Waals surface area contributed by atoms with Crippen LogP contribution in [0.5, 0.6) is 0 Å². The number of halogens is 1. The van der Waals surface area contributed by atoms with Crippen LogP contribution in [0.15, 0.2) is 30.5 Å². The molecule has 0 aliphatic carbocycles. The van der Waals surface area contributed by atoms with E-state index in [0.29, 0.717) is 5.92 Å². The highest BCUT2D eigenvalue weighted by Gasteiger charge is 2.24. The van der Waals surface area contributed by atoms with E-state index in [1.165, 1.54) is 0 Å². The molecule has 2 unspecified atom stereocenters. The molecule has 0 saturated carbocycles. The Bertz CT molecular complexity index is 629. The van der Waals surface area contributed by atoms with Crippen molar-refractivity contribution >= 4 is 22.5 Å². The zero-order valence-corrected chi connectivity index (χ0v) is 13.2. The number of hydrogen-bond acceptors (Lipinski definition) is 4. The van der Waals surface area contributed by atoms with E-state index in [4.69, 9.17) is 16.3 Å². The quantitative estimate of drug-likeness (QED) is 0.859. The number of aliphatic hydroxyl groups excluding tert-OH is 1. The lowest BCUT2D eigenvalue weighted by atomic mass is 9.92. The van der Waals surface area contributed by atoms with E-state index in [2.05, 4.69) is 10.3 Å². The topological polar surface area (TPSA) is 54.4 Å². The lowest BCUT2D eigenvalue weighted by Crippen LogP contribution is -2.31. The van der Waals surface area contributed by atoms with Gasteiger partial charge in [-0.25, -0.2) is 0 Å². The average molecular weight is 321 g/mol. The van der Waals surface area contributed by atoms with Gasteiger partial charge in [0.1, 0.15) is 0 Å². The van der Waals surface area contributed by atoms with Crippen molar-refractivity contribution in [2.24, 2.45) is 11.8 Å². The van der Waals surface area contributed by atoms with Crippen molar-refractivity contribution in [1.82, 2.24) is 10.3 Å². The predicted molar refractivity (Wildman–Crippen MR) is 88.0 cm³/mol. The molecule has 0 bridgehead atoms. The smallest absolute Gasteiger partial charge is 0.0761 e. The molecule has 22 heavy (non-hydrogen) atoms. The van der Waals surface area contributed by atoms with Gasteiger partial charge in [-0.1, -0.05) is 17.7 Å². The highest BCUT2D eigenvalue weighted by molar-refractivity contribution is 6.35. The maximum absolute atomic E-state index is 9.57. The molecule has 1 saturated heterocycles. The van der Waals surface area contributed by atoms with Crippen LogP contribution in [0.4, 0.5) is 0 Å². The number of fused-ring (bicyclic) bond motifs is 1. The summed E-state index contributed by atoms with van der Waals surface area (Å²) in [6.07, 6.45) is 2.83. The monoisotopic (exact) mass is 320 g/mol. The van der Waals surface area contributed by atoms with Gasteiger partial charge in [-0.05, 0) is 42.0 Å². The molecule has 1 aliphatic heterocycles. The molecule has 0 spiro atoms. The summed E-state index contributed by atoms with van der Waals surface area (Å²) in [6.45, 7) is 3.27. The van der Waals surface area contributed by atoms with E-state index < -0.39 is 0 Å². The fourth-order valence-corrected chi connectivity index (χ4v) is 3.25. The van der Waals surface area contributed by atoms with Crippen molar-refractivity contribution in [2.75, 3.05) is 26.4 Å². The summed E-state index contributed by atoms with van der Waals surface area (Å²) >= 11 is 6.21. The lowest BCUT2D eigenvalue weighted by molar-refractivity contribution is 0.138. The molecule has 2 heterocycles. The van der Waals surface area contributed by atoms with Crippen LogP contribution in [-0.4, -0.2) is 36.5 Å². The highest BCUT2D eigenvalue weighted by Crippen LogP contribution is 2.25. The van der Waals surface area contributed by atoms with Gasteiger partial charge < -0.3 is 15.2 Å². The molecule has 118 valence electrons. The summed E-state index contributed by atoms with van der Waals surface area (Å²) in [7, 11) is 0. The third-order valence-corrected chi connectivity index (χ3v) is 4.72. The van der Waals surface area contributed by atoms with Crippen molar-refractivity contribution < 1.29 is 9.84 Å². The van der Waals surface area contributed by atoms with Crippen molar-refractivity contribution in [3.8, 4) is 0 Å². The Balaban J connectivity index is 1.65. The molecular formula is C17H21ClN2O2. The number of ether oxygens (including phenoxy) is 1. The second kappa shape index (κ2) is 7.38. The SMILES string of the molecule is OCC(CNCc1ccc(Cl)c2cccnc12)C1CCOC1. The zero-order chi connectivity index (χ0) is 15.4. The van der Waals surface area contributed by atoms with Gasteiger partial charge in [0.25, 0.3) is 0 Å². The fourth-order valence-electron chi connectivity index (χ4n) is 3.04. The minimum Gasteiger partial charge on any atom is -0.396 e. The maximum Gasteiger partial charge on any atom is 0.0761 e. The van der Waals surface area contributed by atoms with Gasteiger partial charge in [0.05, 0.1) is 5.52 Å². The second-order valence-corrected chi connectivity index (χ2v) is 6.21. The molecule has 2 aromatic rings. The number of nitrogens with one attached hydrogen (secondary N) is 1. The molecule has 1 aromatic heterocycles. The summed E-state index contributed by atoms with van der Waals surface area (Å²) in [4.78, 5) is 4.44. The summed E-state index contributed by atoms with van der Waals surface area (Å²) in [5.41, 5.74) is 2.06. The number of pyridine rings is 1. The van der Waals surface area contributed by atoms with Gasteiger partial charge in [-0.3, -0.25) is 4.98 Å². The molecule has 5 heteroatoms. The largest absolute Gasteiger partial charge is 0.396 e. The molecule has 3 rings (SSSR count). The van der Waals surface area contributed by atoms with Crippen LogP contribution in [0.2, 0.25) is 5.02 Å². The van der Waals surface area contributed by atoms with Crippen LogP contribution in [0, 0.1) is 11.8 Å². The first-order chi connectivity index (χ1) is 10.8. The number of benzene rings is 1. The number of aliphatic hydroxyl groups is 1. The molecule has 2 N–H and O–H groups in total. The predicted octanol–water partition coefficient (Wildman–Crippen LogP) is 2.62. The van der Waals surface area contributed by atoms with Crippen molar-refractivity contribution in [3.63, 3.8) is 0 Å². The minimum atomic E-state index is 0.195. The fraction of sp³-hybridized carbons (Fsp3) is 0.471. The standard InChI is InChI=1S/C17H21ClN2O2/c18-16-4-3-12(17-15(16)2-1-6-20-17)8-19-9-14(10-21)13-5-7-22-11-13/h1-4,6,13-14,19,21H,5,7-11H2. The highest BCUT2D eigenvalue weighted by atomic mass is 35.5. The normalized spacial score (nSPS) is 19.6. The van der Waals surface area contributed by atoms with Crippen molar-refractivity contribution in [3.05, 3.63) is 41.0 Å². The molecule has 0 radical (unpaired) electrons. The first-order valence-electron chi connectivity index (χ1n) is 7.71. The number of nitrogens with zero attached hydrogens (tertiary/aromatic N) is 1. The first-order valence-corrected chi connectivity index (χ1v) is 8.09. The van der Waals surface area contributed by atoms with Gasteiger partial charge in [-0.15, -0.1) is 0 Å². The van der Waals surface area contributed by atoms with Gasteiger partial charge in [0, 0.05) is 49.5 Å². The number of rotatable bonds is 6.